The molecule has 8 heteroatoms. The summed E-state index contributed by atoms with van der Waals surface area (Å²) in [7, 11) is -0.756. The van der Waals surface area contributed by atoms with Crippen LogP contribution in [0, 0.1) is 11.7 Å². The van der Waals surface area contributed by atoms with E-state index in [1.807, 2.05) is 0 Å². The van der Waals surface area contributed by atoms with Crippen molar-refractivity contribution in [3.8, 4) is 0 Å². The fraction of sp³-hybridized carbons (Fsp3) is 0.533. The number of amides is 1. The van der Waals surface area contributed by atoms with E-state index in [-0.39, 0.29) is 11.8 Å². The van der Waals surface area contributed by atoms with Crippen LogP contribution in [0.25, 0.3) is 0 Å². The predicted octanol–water partition coefficient (Wildman–Crippen LogP) is 0.806. The smallest absolute Gasteiger partial charge is 0.244 e. The molecule has 6 nitrogen and oxygen atoms in total. The summed E-state index contributed by atoms with van der Waals surface area (Å²) >= 11 is 0. The lowest BCUT2D eigenvalue weighted by Crippen LogP contribution is -2.51. The fourth-order valence-corrected chi connectivity index (χ4v) is 3.41. The zero-order valence-corrected chi connectivity index (χ0v) is 14.7. The van der Waals surface area contributed by atoms with Crippen LogP contribution in [0.4, 0.5) is 4.39 Å². The number of likely N-dealkylation sites (N-methyl/N-ethyl adjacent to an activating group) is 2. The largest absolute Gasteiger partial charge is 0.343 e. The van der Waals surface area contributed by atoms with Gasteiger partial charge >= 0.3 is 0 Å². The molecule has 0 heterocycles. The Morgan fingerprint density at radius 1 is 1.30 bits per heavy atom. The standard InChI is InChI=1S/C15H24FN3O3S/c1-11(2)14(15(20)19(4)10-9-17-3)18-23(21,22)13-8-6-5-7-12(13)16/h5-8,11,14,17-18H,9-10H2,1-4H3. The quantitative estimate of drug-likeness (QED) is 0.731. The van der Waals surface area contributed by atoms with Crippen LogP contribution >= 0.6 is 0 Å². The molecule has 0 aliphatic rings. The normalized spacial score (nSPS) is 13.1. The molecule has 0 radical (unpaired) electrons. The molecular weight excluding hydrogens is 321 g/mol. The van der Waals surface area contributed by atoms with Gasteiger partial charge in [-0.3, -0.25) is 4.79 Å². The highest BCUT2D eigenvalue weighted by atomic mass is 32.2. The molecule has 1 aromatic carbocycles. The summed E-state index contributed by atoms with van der Waals surface area (Å²) in [5, 5.41) is 2.92. The van der Waals surface area contributed by atoms with E-state index in [4.69, 9.17) is 0 Å². The van der Waals surface area contributed by atoms with Crippen molar-refractivity contribution in [2.24, 2.45) is 5.92 Å². The summed E-state index contributed by atoms with van der Waals surface area (Å²) in [5.41, 5.74) is 0. The van der Waals surface area contributed by atoms with Crippen LogP contribution in [0.3, 0.4) is 0 Å². The van der Waals surface area contributed by atoms with Gasteiger partial charge < -0.3 is 10.2 Å². The van der Waals surface area contributed by atoms with Crippen molar-refractivity contribution in [2.45, 2.75) is 24.8 Å². The van der Waals surface area contributed by atoms with Gasteiger partial charge in [0.1, 0.15) is 16.8 Å². The number of nitrogens with one attached hydrogen (secondary N) is 2. The Labute approximate surface area is 137 Å². The third-order valence-electron chi connectivity index (χ3n) is 3.41. The number of carbonyl (C=O) groups excluding carboxylic acids is 1. The number of sulfonamides is 1. The van der Waals surface area contributed by atoms with Crippen molar-refractivity contribution < 1.29 is 17.6 Å². The van der Waals surface area contributed by atoms with Crippen LogP contribution in [0.1, 0.15) is 13.8 Å². The third kappa shape index (κ3) is 5.26. The molecule has 2 N–H and O–H groups in total. The number of hydrogen-bond acceptors (Lipinski definition) is 4. The molecule has 0 aliphatic heterocycles. The molecule has 0 saturated carbocycles. The Kier molecular flexibility index (Phi) is 7.11. The van der Waals surface area contributed by atoms with Gasteiger partial charge in [-0.2, -0.15) is 4.72 Å². The van der Waals surface area contributed by atoms with E-state index in [1.165, 1.54) is 23.1 Å². The van der Waals surface area contributed by atoms with Gasteiger partial charge in [0, 0.05) is 20.1 Å². The molecule has 0 spiro atoms. The van der Waals surface area contributed by atoms with E-state index < -0.39 is 26.8 Å². The number of hydrogen-bond donors (Lipinski definition) is 2. The number of carbonyl (C=O) groups is 1. The molecule has 0 fully saturated rings. The van der Waals surface area contributed by atoms with E-state index in [0.717, 1.165) is 6.07 Å². The number of halogens is 1. The molecule has 0 aromatic heterocycles. The van der Waals surface area contributed by atoms with Gasteiger partial charge in [-0.05, 0) is 25.1 Å². The van der Waals surface area contributed by atoms with Gasteiger partial charge in [-0.1, -0.05) is 26.0 Å². The topological polar surface area (TPSA) is 78.5 Å². The van der Waals surface area contributed by atoms with Crippen LogP contribution in [0.5, 0.6) is 0 Å². The highest BCUT2D eigenvalue weighted by molar-refractivity contribution is 7.89. The Morgan fingerprint density at radius 2 is 1.91 bits per heavy atom. The Hall–Kier alpha value is -1.51. The first kappa shape index (κ1) is 19.5. The Morgan fingerprint density at radius 3 is 2.43 bits per heavy atom. The van der Waals surface area contributed by atoms with Gasteiger partial charge in [0.2, 0.25) is 15.9 Å². The van der Waals surface area contributed by atoms with Gasteiger partial charge in [-0.25, -0.2) is 12.8 Å². The van der Waals surface area contributed by atoms with Crippen molar-refractivity contribution in [1.82, 2.24) is 14.9 Å². The van der Waals surface area contributed by atoms with Crippen molar-refractivity contribution in [3.63, 3.8) is 0 Å². The maximum absolute atomic E-state index is 13.7. The van der Waals surface area contributed by atoms with Crippen LogP contribution < -0.4 is 10.0 Å². The van der Waals surface area contributed by atoms with Crippen molar-refractivity contribution in [3.05, 3.63) is 30.1 Å². The molecule has 130 valence electrons. The molecule has 0 aliphatic carbocycles. The first-order valence-electron chi connectivity index (χ1n) is 7.37. The minimum Gasteiger partial charge on any atom is -0.343 e. The molecule has 0 saturated heterocycles. The van der Waals surface area contributed by atoms with Crippen LogP contribution in [-0.2, 0) is 14.8 Å². The highest BCUT2D eigenvalue weighted by Gasteiger charge is 2.31. The molecule has 0 bridgehead atoms. The average molecular weight is 345 g/mol. The SMILES string of the molecule is CNCCN(C)C(=O)C(NS(=O)(=O)c1ccccc1F)C(C)C. The fourth-order valence-electron chi connectivity index (χ4n) is 1.99. The summed E-state index contributed by atoms with van der Waals surface area (Å²) in [6, 6.07) is 4.12. The lowest BCUT2D eigenvalue weighted by Gasteiger charge is -2.27. The summed E-state index contributed by atoms with van der Waals surface area (Å²) in [5.74, 6) is -1.48. The first-order valence-corrected chi connectivity index (χ1v) is 8.85. The van der Waals surface area contributed by atoms with Gasteiger partial charge in [0.05, 0.1) is 0 Å². The summed E-state index contributed by atoms with van der Waals surface area (Å²) in [6.07, 6.45) is 0. The zero-order valence-electron chi connectivity index (χ0n) is 13.8. The zero-order chi connectivity index (χ0) is 17.6. The molecule has 1 aromatic rings. The maximum Gasteiger partial charge on any atom is 0.244 e. The van der Waals surface area contributed by atoms with Crippen molar-refractivity contribution in [2.75, 3.05) is 27.2 Å². The van der Waals surface area contributed by atoms with Crippen LogP contribution in [0.2, 0.25) is 0 Å². The van der Waals surface area contributed by atoms with E-state index >= 15 is 0 Å². The number of nitrogens with zero attached hydrogens (tertiary/aromatic N) is 1. The lowest BCUT2D eigenvalue weighted by atomic mass is 10.0. The molecule has 1 unspecified atom stereocenters. The van der Waals surface area contributed by atoms with Crippen LogP contribution in [0.15, 0.2) is 29.2 Å². The summed E-state index contributed by atoms with van der Waals surface area (Å²) < 4.78 is 40.8. The van der Waals surface area contributed by atoms with Crippen molar-refractivity contribution in [1.29, 1.82) is 0 Å². The second-order valence-corrected chi connectivity index (χ2v) is 7.32. The van der Waals surface area contributed by atoms with Gasteiger partial charge in [0.25, 0.3) is 0 Å². The van der Waals surface area contributed by atoms with Gasteiger partial charge in [-0.15, -0.1) is 0 Å². The Balaban J connectivity index is 3.00. The second kappa shape index (κ2) is 8.37. The predicted molar refractivity (Wildman–Crippen MR) is 86.9 cm³/mol. The van der Waals surface area contributed by atoms with Gasteiger partial charge in [0.15, 0.2) is 0 Å². The minimum absolute atomic E-state index is 0.277. The maximum atomic E-state index is 13.7. The monoisotopic (exact) mass is 345 g/mol. The molecule has 23 heavy (non-hydrogen) atoms. The van der Waals surface area contributed by atoms with E-state index in [0.29, 0.717) is 13.1 Å². The Bertz CT molecular complexity index is 635. The average Bonchev–Trinajstić information content (AvgIpc) is 2.49. The lowest BCUT2D eigenvalue weighted by molar-refractivity contribution is -0.132. The molecular formula is C15H24FN3O3S. The molecule has 1 amide bonds. The first-order chi connectivity index (χ1) is 10.7. The molecule has 1 atom stereocenters. The summed E-state index contributed by atoms with van der Waals surface area (Å²) in [4.78, 5) is 13.4. The number of benzene rings is 1. The van der Waals surface area contributed by atoms with Crippen molar-refractivity contribution >= 4 is 15.9 Å². The minimum atomic E-state index is -4.12. The van der Waals surface area contributed by atoms with E-state index in [9.17, 15) is 17.6 Å². The highest BCUT2D eigenvalue weighted by Crippen LogP contribution is 2.16. The second-order valence-electron chi connectivity index (χ2n) is 5.64. The summed E-state index contributed by atoms with van der Waals surface area (Å²) in [6.45, 7) is 4.50. The number of rotatable bonds is 8. The van der Waals surface area contributed by atoms with E-state index in [2.05, 4.69) is 10.0 Å². The third-order valence-corrected chi connectivity index (χ3v) is 4.89. The molecule has 1 rings (SSSR count). The van der Waals surface area contributed by atoms with E-state index in [1.54, 1.807) is 27.9 Å². The van der Waals surface area contributed by atoms with Crippen LogP contribution in [-0.4, -0.2) is 52.5 Å².